The highest BCUT2D eigenvalue weighted by Crippen LogP contribution is 2.11. The van der Waals surface area contributed by atoms with E-state index in [4.69, 9.17) is 0 Å². The van der Waals surface area contributed by atoms with Gasteiger partial charge in [-0.3, -0.25) is 0 Å². The van der Waals surface area contributed by atoms with E-state index in [9.17, 15) is 0 Å². The van der Waals surface area contributed by atoms with Gasteiger partial charge in [0.2, 0.25) is 0 Å². The molecule has 1 N–H and O–H groups in total. The number of nitrogens with zero attached hydrogens (tertiary/aromatic N) is 1. The van der Waals surface area contributed by atoms with Crippen LogP contribution in [-0.4, -0.2) is 37.6 Å². The van der Waals surface area contributed by atoms with Gasteiger partial charge in [0, 0.05) is 6.04 Å². The zero-order chi connectivity index (χ0) is 11.6. The van der Waals surface area contributed by atoms with Crippen molar-refractivity contribution in [2.75, 3.05) is 26.7 Å². The summed E-state index contributed by atoms with van der Waals surface area (Å²) in [6, 6.07) is 0.744. The fraction of sp³-hybridized carbons (Fsp3) is 1.00. The van der Waals surface area contributed by atoms with Crippen LogP contribution in [0.2, 0.25) is 0 Å². The van der Waals surface area contributed by atoms with Crippen molar-refractivity contribution in [1.29, 1.82) is 0 Å². The van der Waals surface area contributed by atoms with Crippen molar-refractivity contribution in [3.05, 3.63) is 0 Å². The Hall–Kier alpha value is -0.0800. The summed E-state index contributed by atoms with van der Waals surface area (Å²) in [6.07, 6.45) is 11.1. The van der Waals surface area contributed by atoms with E-state index < -0.39 is 0 Å². The molecule has 2 heteroatoms. The molecule has 1 fully saturated rings. The molecule has 0 aromatic heterocycles. The lowest BCUT2D eigenvalue weighted by Crippen LogP contribution is -2.35. The fourth-order valence-corrected chi connectivity index (χ4v) is 2.60. The zero-order valence-corrected chi connectivity index (χ0v) is 11.3. The zero-order valence-electron chi connectivity index (χ0n) is 11.3. The predicted molar refractivity (Wildman–Crippen MR) is 71.9 cm³/mol. The first-order valence-electron chi connectivity index (χ1n) is 7.26. The van der Waals surface area contributed by atoms with Crippen molar-refractivity contribution in [2.24, 2.45) is 0 Å². The third kappa shape index (κ3) is 5.86. The van der Waals surface area contributed by atoms with Gasteiger partial charge in [0.1, 0.15) is 0 Å². The first-order valence-corrected chi connectivity index (χ1v) is 7.26. The van der Waals surface area contributed by atoms with E-state index in [0.29, 0.717) is 0 Å². The van der Waals surface area contributed by atoms with Crippen LogP contribution in [-0.2, 0) is 0 Å². The molecule has 1 rings (SSSR count). The standard InChI is InChI=1S/C14H30N2/c1-3-4-6-9-14(15-2)10-13-16-11-7-5-8-12-16/h14-15H,3-13H2,1-2H3. The maximum absolute atomic E-state index is 3.47. The van der Waals surface area contributed by atoms with E-state index >= 15 is 0 Å². The smallest absolute Gasteiger partial charge is 0.00762 e. The van der Waals surface area contributed by atoms with E-state index in [0.717, 1.165) is 6.04 Å². The monoisotopic (exact) mass is 226 g/mol. The summed E-state index contributed by atoms with van der Waals surface area (Å²) in [5.41, 5.74) is 0. The van der Waals surface area contributed by atoms with Crippen LogP contribution in [0.5, 0.6) is 0 Å². The van der Waals surface area contributed by atoms with E-state index in [1.165, 1.54) is 71.0 Å². The van der Waals surface area contributed by atoms with E-state index in [2.05, 4.69) is 24.2 Å². The predicted octanol–water partition coefficient (Wildman–Crippen LogP) is 3.03. The molecule has 1 atom stereocenters. The average molecular weight is 226 g/mol. The third-order valence-corrected chi connectivity index (χ3v) is 3.81. The van der Waals surface area contributed by atoms with E-state index in [1.54, 1.807) is 0 Å². The van der Waals surface area contributed by atoms with Crippen molar-refractivity contribution in [1.82, 2.24) is 10.2 Å². The molecule has 96 valence electrons. The minimum Gasteiger partial charge on any atom is -0.317 e. The second-order valence-electron chi connectivity index (χ2n) is 5.17. The summed E-state index contributed by atoms with van der Waals surface area (Å²) in [5, 5.41) is 3.47. The van der Waals surface area contributed by atoms with Gasteiger partial charge in [-0.2, -0.15) is 0 Å². The van der Waals surface area contributed by atoms with Crippen LogP contribution in [0.4, 0.5) is 0 Å². The van der Waals surface area contributed by atoms with Gasteiger partial charge in [0.05, 0.1) is 0 Å². The molecular formula is C14H30N2. The summed E-state index contributed by atoms with van der Waals surface area (Å²) in [4.78, 5) is 2.65. The molecule has 0 aromatic rings. The van der Waals surface area contributed by atoms with Gasteiger partial charge in [-0.25, -0.2) is 0 Å². The molecule has 0 aromatic carbocycles. The molecule has 0 bridgehead atoms. The fourth-order valence-electron chi connectivity index (χ4n) is 2.60. The molecule has 16 heavy (non-hydrogen) atoms. The number of hydrogen-bond donors (Lipinski definition) is 1. The Bertz CT molecular complexity index is 153. The quantitative estimate of drug-likeness (QED) is 0.640. The Kier molecular flexibility index (Phi) is 7.87. The SMILES string of the molecule is CCCCCC(CCN1CCCCC1)NC. The van der Waals surface area contributed by atoms with E-state index in [1.807, 2.05) is 0 Å². The Morgan fingerprint density at radius 2 is 1.81 bits per heavy atom. The Morgan fingerprint density at radius 3 is 2.44 bits per heavy atom. The van der Waals surface area contributed by atoms with Crippen LogP contribution in [0.15, 0.2) is 0 Å². The maximum atomic E-state index is 3.47. The number of hydrogen-bond acceptors (Lipinski definition) is 2. The number of nitrogens with one attached hydrogen (secondary N) is 1. The summed E-state index contributed by atoms with van der Waals surface area (Å²) in [7, 11) is 2.12. The maximum Gasteiger partial charge on any atom is 0.00762 e. The van der Waals surface area contributed by atoms with Crippen LogP contribution >= 0.6 is 0 Å². The van der Waals surface area contributed by atoms with Crippen molar-refractivity contribution in [3.63, 3.8) is 0 Å². The molecule has 1 heterocycles. The van der Waals surface area contributed by atoms with Crippen molar-refractivity contribution >= 4 is 0 Å². The molecule has 1 unspecified atom stereocenters. The summed E-state index contributed by atoms with van der Waals surface area (Å²) in [6.45, 7) is 6.26. The van der Waals surface area contributed by atoms with Crippen molar-refractivity contribution in [3.8, 4) is 0 Å². The summed E-state index contributed by atoms with van der Waals surface area (Å²) >= 11 is 0. The van der Waals surface area contributed by atoms with Crippen LogP contribution in [0.25, 0.3) is 0 Å². The van der Waals surface area contributed by atoms with Gasteiger partial charge in [-0.15, -0.1) is 0 Å². The van der Waals surface area contributed by atoms with Crippen LogP contribution in [0.1, 0.15) is 58.3 Å². The van der Waals surface area contributed by atoms with Gasteiger partial charge in [0.25, 0.3) is 0 Å². The van der Waals surface area contributed by atoms with Crippen LogP contribution in [0, 0.1) is 0 Å². The first-order chi connectivity index (χ1) is 7.86. The molecular weight excluding hydrogens is 196 g/mol. The highest BCUT2D eigenvalue weighted by atomic mass is 15.1. The molecule has 2 nitrogen and oxygen atoms in total. The highest BCUT2D eigenvalue weighted by molar-refractivity contribution is 4.70. The molecule has 1 aliphatic rings. The molecule has 0 spiro atoms. The summed E-state index contributed by atoms with van der Waals surface area (Å²) < 4.78 is 0. The van der Waals surface area contributed by atoms with Crippen molar-refractivity contribution < 1.29 is 0 Å². The summed E-state index contributed by atoms with van der Waals surface area (Å²) in [5.74, 6) is 0. The normalized spacial score (nSPS) is 19.9. The van der Waals surface area contributed by atoms with Crippen LogP contribution < -0.4 is 5.32 Å². The topological polar surface area (TPSA) is 15.3 Å². The molecule has 0 aliphatic carbocycles. The molecule has 0 saturated carbocycles. The second kappa shape index (κ2) is 9.00. The first kappa shape index (κ1) is 14.0. The third-order valence-electron chi connectivity index (χ3n) is 3.81. The number of unbranched alkanes of at least 4 members (excludes halogenated alkanes) is 2. The minimum absolute atomic E-state index is 0.744. The Labute approximate surface area is 102 Å². The van der Waals surface area contributed by atoms with Gasteiger partial charge in [-0.05, 0) is 52.4 Å². The van der Waals surface area contributed by atoms with Gasteiger partial charge >= 0.3 is 0 Å². The van der Waals surface area contributed by atoms with Gasteiger partial charge < -0.3 is 10.2 Å². The van der Waals surface area contributed by atoms with Gasteiger partial charge in [0.15, 0.2) is 0 Å². The van der Waals surface area contributed by atoms with Gasteiger partial charge in [-0.1, -0.05) is 32.6 Å². The highest BCUT2D eigenvalue weighted by Gasteiger charge is 2.12. The Morgan fingerprint density at radius 1 is 1.06 bits per heavy atom. The second-order valence-corrected chi connectivity index (χ2v) is 5.17. The Balaban J connectivity index is 2.07. The van der Waals surface area contributed by atoms with Crippen molar-refractivity contribution in [2.45, 2.75) is 64.3 Å². The number of piperidine rings is 1. The average Bonchev–Trinajstić information content (AvgIpc) is 2.35. The molecule has 0 amide bonds. The van der Waals surface area contributed by atoms with Crippen LogP contribution in [0.3, 0.4) is 0 Å². The lowest BCUT2D eigenvalue weighted by atomic mass is 10.0. The lowest BCUT2D eigenvalue weighted by Gasteiger charge is -2.28. The molecule has 1 aliphatic heterocycles. The van der Waals surface area contributed by atoms with E-state index in [-0.39, 0.29) is 0 Å². The molecule has 0 radical (unpaired) electrons. The number of likely N-dealkylation sites (tertiary alicyclic amines) is 1. The largest absolute Gasteiger partial charge is 0.317 e. The lowest BCUT2D eigenvalue weighted by molar-refractivity contribution is 0.216. The minimum atomic E-state index is 0.744. The number of rotatable bonds is 8. The molecule has 1 saturated heterocycles.